The minimum absolute atomic E-state index is 0.165. The van der Waals surface area contributed by atoms with Crippen LogP contribution >= 0.6 is 0 Å². The van der Waals surface area contributed by atoms with Crippen molar-refractivity contribution in [3.63, 3.8) is 0 Å². The minimum Gasteiger partial charge on any atom is -0.497 e. The monoisotopic (exact) mass is 359 g/mol. The lowest BCUT2D eigenvalue weighted by molar-refractivity contribution is 0.0988. The molecule has 0 heterocycles. The maximum atomic E-state index is 12.2. The van der Waals surface area contributed by atoms with Gasteiger partial charge in [-0.1, -0.05) is 61.5 Å². The van der Waals surface area contributed by atoms with Gasteiger partial charge in [0.05, 0.1) is 7.11 Å². The number of methoxy groups -OCH3 is 1. The summed E-state index contributed by atoms with van der Waals surface area (Å²) in [4.78, 5) is 14.4. The van der Waals surface area contributed by atoms with E-state index in [0.29, 0.717) is 6.42 Å². The van der Waals surface area contributed by atoms with Crippen molar-refractivity contribution in [1.29, 1.82) is 0 Å². The molecule has 0 aromatic heterocycles. The average Bonchev–Trinajstić information content (AvgIpc) is 2.73. The molecule has 0 saturated heterocycles. The summed E-state index contributed by atoms with van der Waals surface area (Å²) < 4.78 is 5.36. The van der Waals surface area contributed by atoms with E-state index in [4.69, 9.17) is 4.74 Å². The lowest BCUT2D eigenvalue weighted by atomic mass is 10.1. The average molecular weight is 359 g/mol. The Morgan fingerprint density at radius 1 is 0.852 bits per heavy atom. The molecule has 3 aromatic carbocycles. The first kappa shape index (κ1) is 18.7. The van der Waals surface area contributed by atoms with Crippen LogP contribution in [0.3, 0.4) is 0 Å². The number of carbonyl (C=O) groups excluding carboxylic acids is 1. The number of Topliss-reactive ketones (excluding diaryl/α,β-unsaturated/α-hetero) is 1. The zero-order valence-electron chi connectivity index (χ0n) is 15.9. The highest BCUT2D eigenvalue weighted by Crippen LogP contribution is 2.23. The first-order chi connectivity index (χ1) is 13.2. The summed E-state index contributed by atoms with van der Waals surface area (Å²) >= 11 is 0. The van der Waals surface area contributed by atoms with Gasteiger partial charge in [0.1, 0.15) is 5.75 Å². The van der Waals surface area contributed by atoms with Gasteiger partial charge in [-0.3, -0.25) is 4.79 Å². The van der Waals surface area contributed by atoms with E-state index in [0.717, 1.165) is 35.7 Å². The van der Waals surface area contributed by atoms with Crippen molar-refractivity contribution in [2.45, 2.75) is 26.4 Å². The summed E-state index contributed by atoms with van der Waals surface area (Å²) in [5, 5.41) is 0. The Morgan fingerprint density at radius 2 is 1.56 bits per heavy atom. The maximum absolute atomic E-state index is 12.2. The largest absolute Gasteiger partial charge is 0.497 e. The van der Waals surface area contributed by atoms with Crippen molar-refractivity contribution in [1.82, 2.24) is 0 Å². The van der Waals surface area contributed by atoms with E-state index >= 15 is 0 Å². The van der Waals surface area contributed by atoms with Crippen molar-refractivity contribution >= 4 is 11.5 Å². The van der Waals surface area contributed by atoms with Gasteiger partial charge in [-0.25, -0.2) is 0 Å². The molecule has 0 aliphatic carbocycles. The summed E-state index contributed by atoms with van der Waals surface area (Å²) in [5.41, 5.74) is 4.20. The molecule has 3 aromatic rings. The molecular formula is C24H25NO2. The standard InChI is InChI=1S/C24H25NO2/c1-3-24(26)21-12-8-13-22(16-21)25(17-19-9-5-4-6-10-19)18-20-11-7-14-23(15-20)27-2/h4-16H,3,17-18H2,1-2H3. The van der Waals surface area contributed by atoms with Crippen LogP contribution in [0, 0.1) is 0 Å². The second-order valence-corrected chi connectivity index (χ2v) is 6.52. The summed E-state index contributed by atoms with van der Waals surface area (Å²) in [6.45, 7) is 3.39. The van der Waals surface area contributed by atoms with E-state index in [9.17, 15) is 4.79 Å². The first-order valence-electron chi connectivity index (χ1n) is 9.24. The van der Waals surface area contributed by atoms with E-state index in [1.165, 1.54) is 5.56 Å². The molecule has 0 aliphatic heterocycles. The van der Waals surface area contributed by atoms with E-state index in [1.54, 1.807) is 7.11 Å². The number of benzene rings is 3. The van der Waals surface area contributed by atoms with E-state index in [-0.39, 0.29) is 5.78 Å². The summed E-state index contributed by atoms with van der Waals surface area (Å²) in [5.74, 6) is 1.01. The van der Waals surface area contributed by atoms with Gasteiger partial charge in [0.15, 0.2) is 5.78 Å². The van der Waals surface area contributed by atoms with Gasteiger partial charge in [-0.2, -0.15) is 0 Å². The quantitative estimate of drug-likeness (QED) is 0.498. The number of ether oxygens (including phenoxy) is 1. The van der Waals surface area contributed by atoms with Gasteiger partial charge in [-0.15, -0.1) is 0 Å². The fourth-order valence-electron chi connectivity index (χ4n) is 3.11. The Hall–Kier alpha value is -3.07. The summed E-state index contributed by atoms with van der Waals surface area (Å²) in [7, 11) is 1.68. The van der Waals surface area contributed by atoms with Gasteiger partial charge in [0.25, 0.3) is 0 Å². The third-order valence-corrected chi connectivity index (χ3v) is 4.58. The molecule has 3 rings (SSSR count). The molecule has 0 aliphatic rings. The third-order valence-electron chi connectivity index (χ3n) is 4.58. The Kier molecular flexibility index (Phi) is 6.26. The number of hydrogen-bond donors (Lipinski definition) is 0. The molecule has 0 saturated carbocycles. The molecule has 0 N–H and O–H groups in total. The molecule has 0 atom stereocenters. The van der Waals surface area contributed by atoms with Gasteiger partial charge in [-0.05, 0) is 35.4 Å². The molecular weight excluding hydrogens is 334 g/mol. The Bertz CT molecular complexity index is 890. The molecule has 3 heteroatoms. The Morgan fingerprint density at radius 3 is 2.30 bits per heavy atom. The van der Waals surface area contributed by atoms with E-state index in [2.05, 4.69) is 47.4 Å². The fourth-order valence-corrected chi connectivity index (χ4v) is 3.11. The van der Waals surface area contributed by atoms with Gasteiger partial charge in [0.2, 0.25) is 0 Å². The van der Waals surface area contributed by atoms with Gasteiger partial charge >= 0.3 is 0 Å². The van der Waals surface area contributed by atoms with Crippen LogP contribution in [0.4, 0.5) is 5.69 Å². The molecule has 0 spiro atoms. The van der Waals surface area contributed by atoms with Crippen molar-refractivity contribution in [2.75, 3.05) is 12.0 Å². The number of ketones is 1. The van der Waals surface area contributed by atoms with Crippen LogP contribution < -0.4 is 9.64 Å². The molecule has 0 amide bonds. The normalized spacial score (nSPS) is 10.4. The Balaban J connectivity index is 1.93. The molecule has 27 heavy (non-hydrogen) atoms. The van der Waals surface area contributed by atoms with E-state index in [1.807, 2.05) is 43.3 Å². The summed E-state index contributed by atoms with van der Waals surface area (Å²) in [6, 6.07) is 26.4. The van der Waals surface area contributed by atoms with Crippen LogP contribution in [0.2, 0.25) is 0 Å². The molecule has 3 nitrogen and oxygen atoms in total. The summed E-state index contributed by atoms with van der Waals surface area (Å²) in [6.07, 6.45) is 0.512. The smallest absolute Gasteiger partial charge is 0.162 e. The third kappa shape index (κ3) is 4.98. The van der Waals surface area contributed by atoms with Crippen molar-refractivity contribution < 1.29 is 9.53 Å². The predicted octanol–water partition coefficient (Wildman–Crippen LogP) is 5.49. The van der Waals surface area contributed by atoms with Crippen molar-refractivity contribution in [3.05, 3.63) is 95.6 Å². The lowest BCUT2D eigenvalue weighted by Crippen LogP contribution is -2.22. The van der Waals surface area contributed by atoms with Crippen LogP contribution in [-0.4, -0.2) is 12.9 Å². The number of nitrogens with zero attached hydrogens (tertiary/aromatic N) is 1. The van der Waals surface area contributed by atoms with E-state index < -0.39 is 0 Å². The zero-order valence-corrected chi connectivity index (χ0v) is 15.9. The molecule has 0 bridgehead atoms. The number of carbonyl (C=O) groups is 1. The number of anilines is 1. The molecule has 138 valence electrons. The maximum Gasteiger partial charge on any atom is 0.162 e. The van der Waals surface area contributed by atoms with Crippen LogP contribution in [0.5, 0.6) is 5.75 Å². The van der Waals surface area contributed by atoms with Crippen molar-refractivity contribution in [2.24, 2.45) is 0 Å². The molecule has 0 radical (unpaired) electrons. The van der Waals surface area contributed by atoms with Crippen LogP contribution in [-0.2, 0) is 13.1 Å². The zero-order chi connectivity index (χ0) is 19.1. The number of hydrogen-bond acceptors (Lipinski definition) is 3. The van der Waals surface area contributed by atoms with Gasteiger partial charge < -0.3 is 9.64 Å². The van der Waals surface area contributed by atoms with Crippen LogP contribution in [0.25, 0.3) is 0 Å². The Labute approximate surface area is 161 Å². The topological polar surface area (TPSA) is 29.5 Å². The van der Waals surface area contributed by atoms with Crippen molar-refractivity contribution in [3.8, 4) is 5.75 Å². The lowest BCUT2D eigenvalue weighted by Gasteiger charge is -2.26. The first-order valence-corrected chi connectivity index (χ1v) is 9.24. The fraction of sp³-hybridized carbons (Fsp3) is 0.208. The SMILES string of the molecule is CCC(=O)c1cccc(N(Cc2ccccc2)Cc2cccc(OC)c2)c1. The molecule has 0 unspecified atom stereocenters. The van der Waals surface area contributed by atoms with Crippen LogP contribution in [0.15, 0.2) is 78.9 Å². The van der Waals surface area contributed by atoms with Gasteiger partial charge in [0, 0.05) is 30.8 Å². The highest BCUT2D eigenvalue weighted by molar-refractivity contribution is 5.96. The minimum atomic E-state index is 0.165. The van der Waals surface area contributed by atoms with Crippen LogP contribution in [0.1, 0.15) is 34.8 Å². The molecule has 0 fully saturated rings. The second-order valence-electron chi connectivity index (χ2n) is 6.52. The second kappa shape index (κ2) is 9.04. The number of rotatable bonds is 8. The predicted molar refractivity (Wildman–Crippen MR) is 110 cm³/mol. The highest BCUT2D eigenvalue weighted by Gasteiger charge is 2.12. The highest BCUT2D eigenvalue weighted by atomic mass is 16.5.